The largest absolute Gasteiger partial charge is 0.382 e. The normalized spacial score (nSPS) is 13.9. The Kier molecular flexibility index (Phi) is 3.99. The van der Waals surface area contributed by atoms with Crippen molar-refractivity contribution in [1.82, 2.24) is 5.32 Å². The van der Waals surface area contributed by atoms with Gasteiger partial charge in [0, 0.05) is 19.7 Å². The highest BCUT2D eigenvalue weighted by molar-refractivity contribution is 6.01. The smallest absolute Gasteiger partial charge is 0.293 e. The summed E-state index contributed by atoms with van der Waals surface area (Å²) in [5.41, 5.74) is 0.487. The molecule has 1 aromatic carbocycles. The molecule has 0 bridgehead atoms. The molecule has 1 aliphatic rings. The van der Waals surface area contributed by atoms with E-state index in [9.17, 15) is 14.9 Å². The minimum Gasteiger partial charge on any atom is -0.382 e. The Labute approximate surface area is 111 Å². The molecule has 1 aliphatic carbocycles. The van der Waals surface area contributed by atoms with Crippen molar-refractivity contribution in [1.29, 1.82) is 0 Å². The number of anilines is 1. The lowest BCUT2D eigenvalue weighted by molar-refractivity contribution is -0.384. The number of amides is 1. The van der Waals surface area contributed by atoms with E-state index in [1.165, 1.54) is 25.0 Å². The number of carbonyl (C=O) groups excluding carboxylic acids is 1. The Balaban J connectivity index is 2.10. The molecular weight excluding hydrogens is 246 g/mol. The Morgan fingerprint density at radius 3 is 2.79 bits per heavy atom. The van der Waals surface area contributed by atoms with Gasteiger partial charge in [-0.05, 0) is 18.4 Å². The van der Waals surface area contributed by atoms with Crippen molar-refractivity contribution in [3.05, 3.63) is 33.9 Å². The molecule has 1 saturated carbocycles. The van der Waals surface area contributed by atoms with Crippen molar-refractivity contribution in [3.8, 4) is 0 Å². The molecule has 0 atom stereocenters. The van der Waals surface area contributed by atoms with E-state index in [-0.39, 0.29) is 17.3 Å². The van der Waals surface area contributed by atoms with Crippen LogP contribution in [0.1, 0.15) is 29.6 Å². The second kappa shape index (κ2) is 5.69. The lowest BCUT2D eigenvalue weighted by atomic mass is 10.1. The molecule has 1 aromatic rings. The summed E-state index contributed by atoms with van der Waals surface area (Å²) in [6.07, 6.45) is 3.47. The molecule has 0 heterocycles. The monoisotopic (exact) mass is 263 g/mol. The van der Waals surface area contributed by atoms with Crippen molar-refractivity contribution in [2.45, 2.75) is 19.3 Å². The molecule has 2 rings (SSSR count). The average molecular weight is 263 g/mol. The van der Waals surface area contributed by atoms with Gasteiger partial charge < -0.3 is 10.6 Å². The second-order valence-corrected chi connectivity index (χ2v) is 4.69. The number of nitrogens with one attached hydrogen (secondary N) is 2. The molecule has 1 amide bonds. The predicted octanol–water partition coefficient (Wildman–Crippen LogP) is 2.17. The number of hydrogen-bond acceptors (Lipinski definition) is 4. The third-order valence-electron chi connectivity index (χ3n) is 3.27. The number of nitro groups is 1. The SMILES string of the molecule is CNc1c(C(=O)NCCC2CC2)cccc1[N+](=O)[O-]. The van der Waals surface area contributed by atoms with Gasteiger partial charge >= 0.3 is 0 Å². The van der Waals surface area contributed by atoms with Crippen LogP contribution in [0.4, 0.5) is 11.4 Å². The van der Waals surface area contributed by atoms with Gasteiger partial charge in [-0.2, -0.15) is 0 Å². The van der Waals surface area contributed by atoms with Gasteiger partial charge in [-0.3, -0.25) is 14.9 Å². The molecule has 0 radical (unpaired) electrons. The van der Waals surface area contributed by atoms with E-state index in [4.69, 9.17) is 0 Å². The zero-order valence-corrected chi connectivity index (χ0v) is 10.8. The summed E-state index contributed by atoms with van der Waals surface area (Å²) in [5, 5.41) is 16.4. The number of hydrogen-bond donors (Lipinski definition) is 2. The fourth-order valence-electron chi connectivity index (χ4n) is 2.04. The van der Waals surface area contributed by atoms with Gasteiger partial charge in [-0.15, -0.1) is 0 Å². The number of para-hydroxylation sites is 1. The van der Waals surface area contributed by atoms with Crippen LogP contribution >= 0.6 is 0 Å². The van der Waals surface area contributed by atoms with Gasteiger partial charge in [0.2, 0.25) is 0 Å². The highest BCUT2D eigenvalue weighted by Gasteiger charge is 2.22. The maximum atomic E-state index is 12.0. The molecule has 102 valence electrons. The Morgan fingerprint density at radius 1 is 1.47 bits per heavy atom. The quantitative estimate of drug-likeness (QED) is 0.608. The summed E-state index contributed by atoms with van der Waals surface area (Å²) in [6.45, 7) is 0.620. The summed E-state index contributed by atoms with van der Waals surface area (Å²) in [7, 11) is 1.57. The zero-order valence-electron chi connectivity index (χ0n) is 10.8. The molecule has 19 heavy (non-hydrogen) atoms. The van der Waals surface area contributed by atoms with Crippen LogP contribution in [-0.2, 0) is 0 Å². The molecule has 0 aromatic heterocycles. The van der Waals surface area contributed by atoms with Crippen LogP contribution in [0.5, 0.6) is 0 Å². The Morgan fingerprint density at radius 2 is 2.21 bits per heavy atom. The maximum absolute atomic E-state index is 12.0. The van der Waals surface area contributed by atoms with E-state index in [1.807, 2.05) is 0 Å². The number of nitrogens with zero attached hydrogens (tertiary/aromatic N) is 1. The van der Waals surface area contributed by atoms with Gasteiger partial charge in [0.1, 0.15) is 5.69 Å². The number of nitro benzene ring substituents is 1. The number of rotatable bonds is 6. The van der Waals surface area contributed by atoms with Gasteiger partial charge in [-0.1, -0.05) is 18.9 Å². The first-order chi connectivity index (χ1) is 9.13. The minimum atomic E-state index is -0.493. The van der Waals surface area contributed by atoms with Crippen LogP contribution < -0.4 is 10.6 Å². The summed E-state index contributed by atoms with van der Waals surface area (Å²) in [5.74, 6) is 0.475. The molecule has 1 fully saturated rings. The standard InChI is InChI=1S/C13H17N3O3/c1-14-12-10(3-2-4-11(12)16(18)19)13(17)15-8-7-9-5-6-9/h2-4,9,14H,5-8H2,1H3,(H,15,17). The first-order valence-corrected chi connectivity index (χ1v) is 6.37. The van der Waals surface area contributed by atoms with Gasteiger partial charge in [0.15, 0.2) is 0 Å². The van der Waals surface area contributed by atoms with E-state index < -0.39 is 4.92 Å². The third kappa shape index (κ3) is 3.21. The van der Waals surface area contributed by atoms with E-state index >= 15 is 0 Å². The van der Waals surface area contributed by atoms with Crippen molar-refractivity contribution in [2.24, 2.45) is 5.92 Å². The van der Waals surface area contributed by atoms with Crippen LogP contribution in [0.15, 0.2) is 18.2 Å². The molecule has 0 aliphatic heterocycles. The summed E-state index contributed by atoms with van der Waals surface area (Å²) in [4.78, 5) is 22.4. The molecule has 6 heteroatoms. The van der Waals surface area contributed by atoms with Crippen LogP contribution in [0.2, 0.25) is 0 Å². The molecule has 0 spiro atoms. The van der Waals surface area contributed by atoms with E-state index in [1.54, 1.807) is 13.1 Å². The fraction of sp³-hybridized carbons (Fsp3) is 0.462. The topological polar surface area (TPSA) is 84.3 Å². The lowest BCUT2D eigenvalue weighted by Crippen LogP contribution is -2.25. The van der Waals surface area contributed by atoms with E-state index in [2.05, 4.69) is 10.6 Å². The van der Waals surface area contributed by atoms with Gasteiger partial charge in [0.25, 0.3) is 11.6 Å². The molecule has 0 unspecified atom stereocenters. The van der Waals surface area contributed by atoms with Crippen molar-refractivity contribution in [2.75, 3.05) is 18.9 Å². The first-order valence-electron chi connectivity index (χ1n) is 6.37. The summed E-state index contributed by atoms with van der Waals surface area (Å²) < 4.78 is 0. The third-order valence-corrected chi connectivity index (χ3v) is 3.27. The zero-order chi connectivity index (χ0) is 13.8. The van der Waals surface area contributed by atoms with E-state index in [0.29, 0.717) is 12.1 Å². The van der Waals surface area contributed by atoms with Crippen molar-refractivity contribution < 1.29 is 9.72 Å². The Hall–Kier alpha value is -2.11. The number of carbonyl (C=O) groups is 1. The summed E-state index contributed by atoms with van der Waals surface area (Å²) >= 11 is 0. The van der Waals surface area contributed by atoms with E-state index in [0.717, 1.165) is 12.3 Å². The summed E-state index contributed by atoms with van der Waals surface area (Å²) in [6, 6.07) is 4.49. The van der Waals surface area contributed by atoms with Crippen LogP contribution in [0, 0.1) is 16.0 Å². The highest BCUT2D eigenvalue weighted by Crippen LogP contribution is 2.32. The molecular formula is C13H17N3O3. The molecule has 6 nitrogen and oxygen atoms in total. The van der Waals surface area contributed by atoms with Crippen LogP contribution in [0.25, 0.3) is 0 Å². The van der Waals surface area contributed by atoms with Gasteiger partial charge in [0.05, 0.1) is 10.5 Å². The molecule has 2 N–H and O–H groups in total. The molecule has 0 saturated heterocycles. The fourth-order valence-corrected chi connectivity index (χ4v) is 2.04. The lowest BCUT2D eigenvalue weighted by Gasteiger charge is -2.09. The minimum absolute atomic E-state index is 0.0858. The van der Waals surface area contributed by atoms with Crippen LogP contribution in [0.3, 0.4) is 0 Å². The predicted molar refractivity (Wildman–Crippen MR) is 72.3 cm³/mol. The number of benzene rings is 1. The maximum Gasteiger partial charge on any atom is 0.293 e. The average Bonchev–Trinajstić information content (AvgIpc) is 3.21. The van der Waals surface area contributed by atoms with Crippen molar-refractivity contribution in [3.63, 3.8) is 0 Å². The van der Waals surface area contributed by atoms with Crippen molar-refractivity contribution >= 4 is 17.3 Å². The highest BCUT2D eigenvalue weighted by atomic mass is 16.6. The van der Waals surface area contributed by atoms with Gasteiger partial charge in [-0.25, -0.2) is 0 Å². The van der Waals surface area contributed by atoms with Crippen LogP contribution in [-0.4, -0.2) is 24.4 Å². The first kappa shape index (κ1) is 13.3. The Bertz CT molecular complexity index is 498. The second-order valence-electron chi connectivity index (χ2n) is 4.69.